The molecule has 1 saturated carbocycles. The summed E-state index contributed by atoms with van der Waals surface area (Å²) in [6.07, 6.45) is 2.87. The molecule has 2 rings (SSSR count). The quantitative estimate of drug-likeness (QED) is 0.775. The molecule has 3 N–H and O–H groups in total. The standard InChI is InChI=1S/C12H19N3/c1-8-4-5-14-11(6-8)15-10-7-9(13)12(10,2)3/h4-6,9-10H,7,13H2,1-3H3,(H,14,15). The Kier molecular flexibility index (Phi) is 2.43. The molecule has 1 fully saturated rings. The first-order chi connectivity index (χ1) is 7.00. The molecule has 15 heavy (non-hydrogen) atoms. The van der Waals surface area contributed by atoms with Crippen molar-refractivity contribution in [3.8, 4) is 0 Å². The maximum absolute atomic E-state index is 5.97. The van der Waals surface area contributed by atoms with Crippen LogP contribution in [0, 0.1) is 12.3 Å². The summed E-state index contributed by atoms with van der Waals surface area (Å²) in [6.45, 7) is 6.48. The number of nitrogens with one attached hydrogen (secondary N) is 1. The zero-order valence-electron chi connectivity index (χ0n) is 9.62. The van der Waals surface area contributed by atoms with Crippen LogP contribution in [0.5, 0.6) is 0 Å². The average molecular weight is 205 g/mol. The Balaban J connectivity index is 2.05. The molecule has 3 heteroatoms. The van der Waals surface area contributed by atoms with Gasteiger partial charge in [-0.2, -0.15) is 0 Å². The van der Waals surface area contributed by atoms with Gasteiger partial charge in [0.05, 0.1) is 0 Å². The monoisotopic (exact) mass is 205 g/mol. The lowest BCUT2D eigenvalue weighted by Gasteiger charge is -2.50. The molecule has 3 nitrogen and oxygen atoms in total. The highest BCUT2D eigenvalue weighted by Gasteiger charge is 2.46. The van der Waals surface area contributed by atoms with Crippen molar-refractivity contribution in [3.63, 3.8) is 0 Å². The molecule has 2 unspecified atom stereocenters. The van der Waals surface area contributed by atoms with E-state index < -0.39 is 0 Å². The summed E-state index contributed by atoms with van der Waals surface area (Å²) in [5.41, 5.74) is 7.37. The first kappa shape index (κ1) is 10.4. The molecular weight excluding hydrogens is 186 g/mol. The van der Waals surface area contributed by atoms with Crippen LogP contribution in [0.3, 0.4) is 0 Å². The van der Waals surface area contributed by atoms with E-state index in [0.717, 1.165) is 12.2 Å². The third-order valence-corrected chi connectivity index (χ3v) is 3.58. The minimum atomic E-state index is 0.172. The highest BCUT2D eigenvalue weighted by Crippen LogP contribution is 2.40. The Labute approximate surface area is 91.1 Å². The van der Waals surface area contributed by atoms with Crippen LogP contribution in [0.1, 0.15) is 25.8 Å². The Morgan fingerprint density at radius 3 is 2.80 bits per heavy atom. The predicted molar refractivity (Wildman–Crippen MR) is 62.8 cm³/mol. The molecule has 0 bridgehead atoms. The summed E-state index contributed by atoms with van der Waals surface area (Å²) < 4.78 is 0. The molecule has 0 spiro atoms. The molecule has 82 valence electrons. The van der Waals surface area contributed by atoms with Crippen molar-refractivity contribution in [2.24, 2.45) is 11.1 Å². The molecule has 1 aliphatic rings. The smallest absolute Gasteiger partial charge is 0.126 e. The Hall–Kier alpha value is -1.09. The van der Waals surface area contributed by atoms with E-state index in [2.05, 4.69) is 37.1 Å². The van der Waals surface area contributed by atoms with E-state index in [1.807, 2.05) is 12.3 Å². The van der Waals surface area contributed by atoms with Crippen molar-refractivity contribution in [1.82, 2.24) is 4.98 Å². The molecule has 1 aliphatic carbocycles. The van der Waals surface area contributed by atoms with Gasteiger partial charge in [-0.3, -0.25) is 0 Å². The third kappa shape index (κ3) is 1.84. The van der Waals surface area contributed by atoms with Gasteiger partial charge in [-0.05, 0) is 31.0 Å². The molecule has 2 atom stereocenters. The first-order valence-electron chi connectivity index (χ1n) is 5.45. The number of aromatic nitrogens is 1. The van der Waals surface area contributed by atoms with E-state index in [9.17, 15) is 0 Å². The van der Waals surface area contributed by atoms with Crippen LogP contribution >= 0.6 is 0 Å². The van der Waals surface area contributed by atoms with Crippen LogP contribution < -0.4 is 11.1 Å². The molecule has 1 aromatic rings. The van der Waals surface area contributed by atoms with E-state index in [0.29, 0.717) is 12.1 Å². The van der Waals surface area contributed by atoms with E-state index in [4.69, 9.17) is 5.73 Å². The zero-order valence-corrected chi connectivity index (χ0v) is 9.62. The van der Waals surface area contributed by atoms with E-state index in [-0.39, 0.29) is 5.41 Å². The molecule has 0 aliphatic heterocycles. The second-order valence-corrected chi connectivity index (χ2v) is 5.08. The van der Waals surface area contributed by atoms with Gasteiger partial charge in [0.1, 0.15) is 5.82 Å². The van der Waals surface area contributed by atoms with Gasteiger partial charge in [-0.15, -0.1) is 0 Å². The van der Waals surface area contributed by atoms with Crippen LogP contribution in [0.15, 0.2) is 18.3 Å². The lowest BCUT2D eigenvalue weighted by molar-refractivity contribution is 0.117. The molecule has 0 aromatic carbocycles. The fourth-order valence-electron chi connectivity index (χ4n) is 2.00. The lowest BCUT2D eigenvalue weighted by atomic mass is 9.63. The number of nitrogens with zero attached hydrogens (tertiary/aromatic N) is 1. The minimum absolute atomic E-state index is 0.172. The predicted octanol–water partition coefficient (Wildman–Crippen LogP) is 1.93. The van der Waals surface area contributed by atoms with E-state index in [1.165, 1.54) is 5.56 Å². The van der Waals surface area contributed by atoms with Gasteiger partial charge in [0.2, 0.25) is 0 Å². The number of hydrogen-bond acceptors (Lipinski definition) is 3. The summed E-state index contributed by atoms with van der Waals surface area (Å²) in [6, 6.07) is 4.82. The van der Waals surface area contributed by atoms with Gasteiger partial charge in [0.15, 0.2) is 0 Å². The Morgan fingerprint density at radius 2 is 2.27 bits per heavy atom. The highest BCUT2D eigenvalue weighted by molar-refractivity contribution is 5.40. The van der Waals surface area contributed by atoms with E-state index >= 15 is 0 Å². The van der Waals surface area contributed by atoms with Crippen LogP contribution in [0.4, 0.5) is 5.82 Å². The average Bonchev–Trinajstić information content (AvgIpc) is 2.17. The number of rotatable bonds is 2. The number of anilines is 1. The number of hydrogen-bond donors (Lipinski definition) is 2. The molecule has 0 radical (unpaired) electrons. The fraction of sp³-hybridized carbons (Fsp3) is 0.583. The topological polar surface area (TPSA) is 50.9 Å². The van der Waals surface area contributed by atoms with Crippen molar-refractivity contribution >= 4 is 5.82 Å². The summed E-state index contributed by atoms with van der Waals surface area (Å²) in [7, 11) is 0. The van der Waals surface area contributed by atoms with Gasteiger partial charge >= 0.3 is 0 Å². The van der Waals surface area contributed by atoms with E-state index in [1.54, 1.807) is 0 Å². The van der Waals surface area contributed by atoms with Gasteiger partial charge in [-0.1, -0.05) is 13.8 Å². The van der Waals surface area contributed by atoms with Gasteiger partial charge in [0.25, 0.3) is 0 Å². The third-order valence-electron chi connectivity index (χ3n) is 3.58. The summed E-state index contributed by atoms with van der Waals surface area (Å²) in [4.78, 5) is 4.30. The van der Waals surface area contributed by atoms with Gasteiger partial charge in [-0.25, -0.2) is 4.98 Å². The van der Waals surface area contributed by atoms with Crippen molar-refractivity contribution in [2.45, 2.75) is 39.3 Å². The molecular formula is C12H19N3. The van der Waals surface area contributed by atoms with Crippen LogP contribution in [0.2, 0.25) is 0 Å². The maximum atomic E-state index is 5.97. The van der Waals surface area contributed by atoms with Crippen LogP contribution in [-0.4, -0.2) is 17.1 Å². The first-order valence-corrected chi connectivity index (χ1v) is 5.45. The maximum Gasteiger partial charge on any atom is 0.126 e. The largest absolute Gasteiger partial charge is 0.367 e. The zero-order chi connectivity index (χ0) is 11.1. The molecule has 1 heterocycles. The summed E-state index contributed by atoms with van der Waals surface area (Å²) >= 11 is 0. The molecule has 0 saturated heterocycles. The second-order valence-electron chi connectivity index (χ2n) is 5.08. The van der Waals surface area contributed by atoms with Crippen molar-refractivity contribution in [2.75, 3.05) is 5.32 Å². The second kappa shape index (κ2) is 3.49. The summed E-state index contributed by atoms with van der Waals surface area (Å²) in [5.74, 6) is 0.958. The lowest BCUT2D eigenvalue weighted by Crippen LogP contribution is -2.61. The van der Waals surface area contributed by atoms with Gasteiger partial charge in [0, 0.05) is 23.7 Å². The summed E-state index contributed by atoms with van der Waals surface area (Å²) in [5, 5.41) is 3.45. The van der Waals surface area contributed by atoms with Gasteiger partial charge < -0.3 is 11.1 Å². The molecule has 0 amide bonds. The number of pyridine rings is 1. The van der Waals surface area contributed by atoms with Crippen molar-refractivity contribution in [3.05, 3.63) is 23.9 Å². The van der Waals surface area contributed by atoms with Crippen LogP contribution in [0.25, 0.3) is 0 Å². The normalized spacial score (nSPS) is 28.3. The Bertz CT molecular complexity index is 360. The fourth-order valence-corrected chi connectivity index (χ4v) is 2.00. The SMILES string of the molecule is Cc1ccnc(NC2CC(N)C2(C)C)c1. The van der Waals surface area contributed by atoms with Crippen molar-refractivity contribution in [1.29, 1.82) is 0 Å². The minimum Gasteiger partial charge on any atom is -0.367 e. The highest BCUT2D eigenvalue weighted by atomic mass is 15.1. The number of nitrogens with two attached hydrogens (primary N) is 1. The van der Waals surface area contributed by atoms with Crippen molar-refractivity contribution < 1.29 is 0 Å². The van der Waals surface area contributed by atoms with Crippen LogP contribution in [-0.2, 0) is 0 Å². The Morgan fingerprint density at radius 1 is 1.53 bits per heavy atom. The number of aryl methyl sites for hydroxylation is 1. The molecule has 1 aromatic heterocycles.